The zero-order valence-corrected chi connectivity index (χ0v) is 9.69. The third-order valence-electron chi connectivity index (χ3n) is 2.80. The molecule has 0 bridgehead atoms. The molecule has 0 radical (unpaired) electrons. The van der Waals surface area contributed by atoms with Gasteiger partial charge in [-0.3, -0.25) is 9.69 Å². The lowest BCUT2D eigenvalue weighted by atomic mass is 10.2. The Morgan fingerprint density at radius 3 is 2.69 bits per heavy atom. The van der Waals surface area contributed by atoms with Gasteiger partial charge in [0.05, 0.1) is 16.9 Å². The first kappa shape index (κ1) is 10.8. The van der Waals surface area contributed by atoms with E-state index >= 15 is 0 Å². The first-order valence-electron chi connectivity index (χ1n) is 5.25. The normalized spacial score (nSPS) is 13.2. The van der Waals surface area contributed by atoms with Gasteiger partial charge in [0.25, 0.3) is 5.56 Å². The smallest absolute Gasteiger partial charge is 0.258 e. The molecule has 0 fully saturated rings. The monoisotopic (exact) mass is 217 g/mol. The summed E-state index contributed by atoms with van der Waals surface area (Å²) < 4.78 is 0. The number of hydrogen-bond acceptors (Lipinski definition) is 3. The van der Waals surface area contributed by atoms with Crippen molar-refractivity contribution in [3.05, 3.63) is 40.4 Å². The van der Waals surface area contributed by atoms with Crippen molar-refractivity contribution in [1.82, 2.24) is 14.9 Å². The topological polar surface area (TPSA) is 49.0 Å². The van der Waals surface area contributed by atoms with Gasteiger partial charge in [0.1, 0.15) is 5.82 Å². The molecule has 0 aliphatic carbocycles. The molecule has 1 atom stereocenters. The molecular formula is C12H15N3O. The Balaban J connectivity index is 2.63. The van der Waals surface area contributed by atoms with Gasteiger partial charge in [0, 0.05) is 0 Å². The van der Waals surface area contributed by atoms with Gasteiger partial charge in [-0.05, 0) is 33.2 Å². The van der Waals surface area contributed by atoms with Crippen LogP contribution in [0.1, 0.15) is 18.8 Å². The van der Waals surface area contributed by atoms with Gasteiger partial charge in [0.15, 0.2) is 0 Å². The summed E-state index contributed by atoms with van der Waals surface area (Å²) in [7, 11) is 3.92. The summed E-state index contributed by atoms with van der Waals surface area (Å²) in [6.45, 7) is 2.01. The van der Waals surface area contributed by atoms with Crippen LogP contribution in [-0.2, 0) is 0 Å². The lowest BCUT2D eigenvalue weighted by Crippen LogP contribution is -2.22. The summed E-state index contributed by atoms with van der Waals surface area (Å²) in [6, 6.07) is 7.46. The fourth-order valence-corrected chi connectivity index (χ4v) is 1.55. The Morgan fingerprint density at radius 2 is 2.00 bits per heavy atom. The van der Waals surface area contributed by atoms with Crippen molar-refractivity contribution in [2.45, 2.75) is 13.0 Å². The molecule has 16 heavy (non-hydrogen) atoms. The van der Waals surface area contributed by atoms with Gasteiger partial charge in [-0.25, -0.2) is 4.98 Å². The van der Waals surface area contributed by atoms with E-state index in [2.05, 4.69) is 9.97 Å². The number of aromatic nitrogens is 2. The molecule has 4 heteroatoms. The number of rotatable bonds is 2. The van der Waals surface area contributed by atoms with Crippen LogP contribution in [0, 0.1) is 0 Å². The van der Waals surface area contributed by atoms with Crippen LogP contribution in [0.2, 0.25) is 0 Å². The minimum atomic E-state index is -0.0747. The van der Waals surface area contributed by atoms with Crippen LogP contribution in [0.25, 0.3) is 10.9 Å². The number of para-hydroxylation sites is 1. The Bertz CT molecular complexity index is 559. The number of nitrogens with one attached hydrogen (secondary N) is 1. The molecule has 0 aliphatic rings. The van der Waals surface area contributed by atoms with E-state index in [1.165, 1.54) is 0 Å². The predicted octanol–water partition coefficient (Wildman–Crippen LogP) is 1.55. The lowest BCUT2D eigenvalue weighted by Gasteiger charge is -2.18. The molecule has 0 aliphatic heterocycles. The fraction of sp³-hybridized carbons (Fsp3) is 0.333. The molecule has 1 aromatic carbocycles. The standard InChI is InChI=1S/C12H15N3O/c1-8(15(2)3)11-13-10-7-5-4-6-9(10)12(16)14-11/h4-8H,1-3H3,(H,13,14,16). The van der Waals surface area contributed by atoms with Crippen molar-refractivity contribution in [2.24, 2.45) is 0 Å². The van der Waals surface area contributed by atoms with Gasteiger partial charge in [-0.2, -0.15) is 0 Å². The number of aromatic amines is 1. The van der Waals surface area contributed by atoms with E-state index in [0.29, 0.717) is 11.2 Å². The molecule has 0 amide bonds. The summed E-state index contributed by atoms with van der Waals surface area (Å²) >= 11 is 0. The van der Waals surface area contributed by atoms with Crippen LogP contribution in [0.5, 0.6) is 0 Å². The van der Waals surface area contributed by atoms with E-state index in [1.807, 2.05) is 44.1 Å². The molecule has 2 rings (SSSR count). The zero-order valence-electron chi connectivity index (χ0n) is 9.69. The molecular weight excluding hydrogens is 202 g/mol. The molecule has 0 saturated carbocycles. The van der Waals surface area contributed by atoms with E-state index in [0.717, 1.165) is 5.52 Å². The maximum absolute atomic E-state index is 11.8. The second-order valence-corrected chi connectivity index (χ2v) is 4.11. The van der Waals surface area contributed by atoms with Crippen LogP contribution < -0.4 is 5.56 Å². The molecule has 1 unspecified atom stereocenters. The van der Waals surface area contributed by atoms with Crippen molar-refractivity contribution >= 4 is 10.9 Å². The third-order valence-corrected chi connectivity index (χ3v) is 2.80. The lowest BCUT2D eigenvalue weighted by molar-refractivity contribution is 0.309. The molecule has 4 nitrogen and oxygen atoms in total. The van der Waals surface area contributed by atoms with Crippen LogP contribution in [-0.4, -0.2) is 29.0 Å². The van der Waals surface area contributed by atoms with Crippen molar-refractivity contribution in [3.63, 3.8) is 0 Å². The molecule has 1 heterocycles. The van der Waals surface area contributed by atoms with Crippen molar-refractivity contribution < 1.29 is 0 Å². The zero-order chi connectivity index (χ0) is 11.7. The van der Waals surface area contributed by atoms with E-state index < -0.39 is 0 Å². The summed E-state index contributed by atoms with van der Waals surface area (Å²) in [5, 5.41) is 0.636. The molecule has 1 N–H and O–H groups in total. The van der Waals surface area contributed by atoms with E-state index in [1.54, 1.807) is 6.07 Å². The predicted molar refractivity (Wildman–Crippen MR) is 64.5 cm³/mol. The summed E-state index contributed by atoms with van der Waals surface area (Å²) in [4.78, 5) is 21.1. The highest BCUT2D eigenvalue weighted by atomic mass is 16.1. The van der Waals surface area contributed by atoms with Crippen LogP contribution in [0.15, 0.2) is 29.1 Å². The van der Waals surface area contributed by atoms with Gasteiger partial charge in [-0.1, -0.05) is 12.1 Å². The number of nitrogens with zero attached hydrogens (tertiary/aromatic N) is 2. The summed E-state index contributed by atoms with van der Waals surface area (Å²) in [6.07, 6.45) is 0. The van der Waals surface area contributed by atoms with Crippen LogP contribution in [0.3, 0.4) is 0 Å². The first-order valence-corrected chi connectivity index (χ1v) is 5.25. The highest BCUT2D eigenvalue weighted by molar-refractivity contribution is 5.77. The summed E-state index contributed by atoms with van der Waals surface area (Å²) in [5.74, 6) is 0.703. The molecule has 1 aromatic heterocycles. The van der Waals surface area contributed by atoms with E-state index in [4.69, 9.17) is 0 Å². The van der Waals surface area contributed by atoms with Gasteiger partial charge in [-0.15, -0.1) is 0 Å². The Kier molecular flexibility index (Phi) is 2.75. The number of H-pyrrole nitrogens is 1. The highest BCUT2D eigenvalue weighted by Gasteiger charge is 2.11. The number of fused-ring (bicyclic) bond motifs is 1. The minimum Gasteiger partial charge on any atom is -0.309 e. The Hall–Kier alpha value is -1.68. The number of benzene rings is 1. The van der Waals surface area contributed by atoms with Crippen molar-refractivity contribution in [2.75, 3.05) is 14.1 Å². The second kappa shape index (κ2) is 4.06. The van der Waals surface area contributed by atoms with Gasteiger partial charge >= 0.3 is 0 Å². The second-order valence-electron chi connectivity index (χ2n) is 4.11. The van der Waals surface area contributed by atoms with Crippen LogP contribution in [0.4, 0.5) is 0 Å². The Morgan fingerprint density at radius 1 is 1.31 bits per heavy atom. The molecule has 2 aromatic rings. The largest absolute Gasteiger partial charge is 0.309 e. The minimum absolute atomic E-state index is 0.0747. The third kappa shape index (κ3) is 1.84. The molecule has 0 spiro atoms. The van der Waals surface area contributed by atoms with Gasteiger partial charge in [0.2, 0.25) is 0 Å². The molecule has 0 saturated heterocycles. The van der Waals surface area contributed by atoms with Crippen molar-refractivity contribution in [1.29, 1.82) is 0 Å². The maximum atomic E-state index is 11.8. The van der Waals surface area contributed by atoms with E-state index in [-0.39, 0.29) is 11.6 Å². The first-order chi connectivity index (χ1) is 7.59. The average Bonchev–Trinajstić information content (AvgIpc) is 2.28. The SMILES string of the molecule is CC(c1nc2ccccc2c(=O)[nH]1)N(C)C. The fourth-order valence-electron chi connectivity index (χ4n) is 1.55. The van der Waals surface area contributed by atoms with Crippen molar-refractivity contribution in [3.8, 4) is 0 Å². The van der Waals surface area contributed by atoms with Gasteiger partial charge < -0.3 is 4.98 Å². The molecule has 84 valence electrons. The van der Waals surface area contributed by atoms with E-state index in [9.17, 15) is 4.79 Å². The maximum Gasteiger partial charge on any atom is 0.258 e. The quantitative estimate of drug-likeness (QED) is 0.830. The van der Waals surface area contributed by atoms with Crippen LogP contribution >= 0.6 is 0 Å². The summed E-state index contributed by atoms with van der Waals surface area (Å²) in [5.41, 5.74) is 0.671. The average molecular weight is 217 g/mol. The number of hydrogen-bond donors (Lipinski definition) is 1. The Labute approximate surface area is 93.9 Å². The highest BCUT2D eigenvalue weighted by Crippen LogP contribution is 2.13.